The van der Waals surface area contributed by atoms with Crippen LogP contribution in [0.4, 0.5) is 5.69 Å². The maximum absolute atomic E-state index is 6.10. The van der Waals surface area contributed by atoms with Crippen LogP contribution in [-0.2, 0) is 0 Å². The van der Waals surface area contributed by atoms with E-state index in [0.29, 0.717) is 5.15 Å². The molecule has 0 aliphatic heterocycles. The van der Waals surface area contributed by atoms with Gasteiger partial charge in [-0.15, -0.1) is 0 Å². The van der Waals surface area contributed by atoms with Crippen LogP contribution in [-0.4, -0.2) is 14.8 Å². The molecule has 0 saturated heterocycles. The van der Waals surface area contributed by atoms with Crippen LogP contribution in [0.5, 0.6) is 0 Å². The number of benzene rings is 1. The molecule has 0 atom stereocenters. The number of anilines is 1. The summed E-state index contributed by atoms with van der Waals surface area (Å²) in [6, 6.07) is 9.43. The molecule has 2 N–H and O–H groups in total. The number of nitrogen functional groups attached to an aromatic ring is 1. The van der Waals surface area contributed by atoms with Gasteiger partial charge in [0.2, 0.25) is 0 Å². The van der Waals surface area contributed by atoms with Crippen molar-refractivity contribution in [2.75, 3.05) is 5.73 Å². The lowest BCUT2D eigenvalue weighted by molar-refractivity contribution is 0.883. The molecule has 2 heterocycles. The molecule has 0 fully saturated rings. The normalized spacial score (nSPS) is 11.0. The summed E-state index contributed by atoms with van der Waals surface area (Å²) in [7, 11) is 0. The summed E-state index contributed by atoms with van der Waals surface area (Å²) in [5, 5.41) is 5.95. The van der Waals surface area contributed by atoms with Crippen LogP contribution in [0.1, 0.15) is 5.69 Å². The van der Waals surface area contributed by atoms with E-state index >= 15 is 0 Å². The molecule has 3 rings (SSSR count). The predicted octanol–water partition coefficient (Wildman–Crippen LogP) is 2.96. The molecule has 0 radical (unpaired) electrons. The van der Waals surface area contributed by atoms with Crippen LogP contribution < -0.4 is 5.73 Å². The van der Waals surface area contributed by atoms with E-state index in [9.17, 15) is 0 Å². The quantitative estimate of drug-likeness (QED) is 0.539. The number of hydrogen-bond acceptors (Lipinski definition) is 3. The number of nitrogens with zero attached hydrogens (tertiary/aromatic N) is 3. The van der Waals surface area contributed by atoms with Gasteiger partial charge in [0.25, 0.3) is 0 Å². The average molecular weight is 259 g/mol. The lowest BCUT2D eigenvalue weighted by Crippen LogP contribution is -1.98. The second kappa shape index (κ2) is 3.99. The molecule has 0 spiro atoms. The van der Waals surface area contributed by atoms with Crippen LogP contribution in [0.3, 0.4) is 0 Å². The largest absolute Gasteiger partial charge is 0.399 e. The highest BCUT2D eigenvalue weighted by molar-refractivity contribution is 6.31. The van der Waals surface area contributed by atoms with Gasteiger partial charge in [-0.3, -0.25) is 0 Å². The summed E-state index contributed by atoms with van der Waals surface area (Å²) in [6.45, 7) is 1.95. The topological polar surface area (TPSA) is 56.7 Å². The van der Waals surface area contributed by atoms with Gasteiger partial charge in [0.15, 0.2) is 5.15 Å². The Hall–Kier alpha value is -2.07. The first-order valence-electron chi connectivity index (χ1n) is 5.52. The van der Waals surface area contributed by atoms with Crippen molar-refractivity contribution < 1.29 is 0 Å². The lowest BCUT2D eigenvalue weighted by Gasteiger charge is -2.04. The fourth-order valence-electron chi connectivity index (χ4n) is 2.01. The molecule has 0 unspecified atom stereocenters. The molecule has 4 nitrogen and oxygen atoms in total. The highest BCUT2D eigenvalue weighted by atomic mass is 35.5. The minimum atomic E-state index is 0.429. The highest BCUT2D eigenvalue weighted by Gasteiger charge is 2.11. The summed E-state index contributed by atoms with van der Waals surface area (Å²) < 4.78 is 1.79. The van der Waals surface area contributed by atoms with Crippen molar-refractivity contribution in [2.45, 2.75) is 6.92 Å². The summed E-state index contributed by atoms with van der Waals surface area (Å²) in [5.74, 6) is 0. The van der Waals surface area contributed by atoms with Gasteiger partial charge in [0.05, 0.1) is 11.2 Å². The molecule has 0 aliphatic carbocycles. The van der Waals surface area contributed by atoms with Crippen molar-refractivity contribution in [3.8, 4) is 5.69 Å². The van der Waals surface area contributed by atoms with Crippen molar-refractivity contribution >= 4 is 28.2 Å². The minimum absolute atomic E-state index is 0.429. The van der Waals surface area contributed by atoms with E-state index in [4.69, 9.17) is 17.3 Å². The fraction of sp³-hybridized carbons (Fsp3) is 0.0769. The third-order valence-corrected chi connectivity index (χ3v) is 3.15. The molecular formula is C13H11ClN4. The van der Waals surface area contributed by atoms with E-state index in [1.165, 1.54) is 0 Å². The fourth-order valence-corrected chi connectivity index (χ4v) is 2.20. The minimum Gasteiger partial charge on any atom is -0.399 e. The van der Waals surface area contributed by atoms with Gasteiger partial charge in [0.1, 0.15) is 5.69 Å². The number of hydrogen-bond donors (Lipinski definition) is 1. The first-order chi connectivity index (χ1) is 8.66. The molecule has 1 aromatic carbocycles. The molecule has 0 bridgehead atoms. The van der Waals surface area contributed by atoms with Crippen molar-refractivity contribution in [3.05, 3.63) is 47.4 Å². The number of rotatable bonds is 1. The summed E-state index contributed by atoms with van der Waals surface area (Å²) >= 11 is 6.10. The van der Waals surface area contributed by atoms with Gasteiger partial charge in [-0.05, 0) is 37.3 Å². The van der Waals surface area contributed by atoms with Crippen molar-refractivity contribution in [1.82, 2.24) is 14.8 Å². The van der Waals surface area contributed by atoms with Crippen LogP contribution in [0.2, 0.25) is 5.15 Å². The highest BCUT2D eigenvalue weighted by Crippen LogP contribution is 2.26. The molecule has 0 amide bonds. The van der Waals surface area contributed by atoms with Crippen LogP contribution in [0.15, 0.2) is 36.5 Å². The summed E-state index contributed by atoms with van der Waals surface area (Å²) in [5.41, 5.74) is 9.17. The number of halogens is 1. The Morgan fingerprint density at radius 1 is 1.28 bits per heavy atom. The third-order valence-electron chi connectivity index (χ3n) is 2.86. The van der Waals surface area contributed by atoms with E-state index < -0.39 is 0 Å². The molecule has 2 aromatic heterocycles. The maximum atomic E-state index is 6.10. The summed E-state index contributed by atoms with van der Waals surface area (Å²) in [6.07, 6.45) is 1.66. The van der Waals surface area contributed by atoms with Crippen molar-refractivity contribution in [2.24, 2.45) is 0 Å². The molecule has 90 valence electrons. The number of fused-ring (bicyclic) bond motifs is 1. The van der Waals surface area contributed by atoms with E-state index in [2.05, 4.69) is 10.1 Å². The molecule has 3 aromatic rings. The lowest BCUT2D eigenvalue weighted by atomic mass is 10.2. The first kappa shape index (κ1) is 11.0. The maximum Gasteiger partial charge on any atom is 0.154 e. The van der Waals surface area contributed by atoms with E-state index in [1.807, 2.05) is 37.3 Å². The SMILES string of the molecule is Cc1nn(-c2cccnc2Cl)c2ccc(N)cc12. The second-order valence-corrected chi connectivity index (χ2v) is 4.45. The van der Waals surface area contributed by atoms with E-state index in [1.54, 1.807) is 10.9 Å². The van der Waals surface area contributed by atoms with Gasteiger partial charge in [0, 0.05) is 17.3 Å². The van der Waals surface area contributed by atoms with Crippen LogP contribution in [0, 0.1) is 6.92 Å². The van der Waals surface area contributed by atoms with Crippen molar-refractivity contribution in [3.63, 3.8) is 0 Å². The molecule has 5 heteroatoms. The van der Waals surface area contributed by atoms with Crippen molar-refractivity contribution in [1.29, 1.82) is 0 Å². The van der Waals surface area contributed by atoms with Gasteiger partial charge < -0.3 is 5.73 Å². The predicted molar refractivity (Wildman–Crippen MR) is 73.0 cm³/mol. The van der Waals surface area contributed by atoms with E-state index in [0.717, 1.165) is 28.0 Å². The third kappa shape index (κ3) is 1.62. The number of aromatic nitrogens is 3. The van der Waals surface area contributed by atoms with Gasteiger partial charge in [-0.25, -0.2) is 9.67 Å². The monoisotopic (exact) mass is 258 g/mol. The number of aryl methyl sites for hydroxylation is 1. The molecule has 0 saturated carbocycles. The molecule has 0 aliphatic rings. The Labute approximate surface area is 109 Å². The zero-order chi connectivity index (χ0) is 12.7. The van der Waals surface area contributed by atoms with Crippen LogP contribution >= 0.6 is 11.6 Å². The van der Waals surface area contributed by atoms with Gasteiger partial charge in [-0.2, -0.15) is 5.10 Å². The zero-order valence-corrected chi connectivity index (χ0v) is 10.5. The Morgan fingerprint density at radius 3 is 2.89 bits per heavy atom. The Kier molecular flexibility index (Phi) is 2.45. The van der Waals surface area contributed by atoms with E-state index in [-0.39, 0.29) is 0 Å². The van der Waals surface area contributed by atoms with Gasteiger partial charge >= 0.3 is 0 Å². The van der Waals surface area contributed by atoms with Gasteiger partial charge in [-0.1, -0.05) is 11.6 Å². The standard InChI is InChI=1S/C13H11ClN4/c1-8-10-7-9(15)4-5-11(10)18(17-8)12-3-2-6-16-13(12)14/h2-7H,15H2,1H3. The second-order valence-electron chi connectivity index (χ2n) is 4.09. The van der Waals surface area contributed by atoms with Crippen LogP contribution in [0.25, 0.3) is 16.6 Å². The number of nitrogens with two attached hydrogens (primary N) is 1. The molecule has 18 heavy (non-hydrogen) atoms. The molecular weight excluding hydrogens is 248 g/mol. The number of pyridine rings is 1. The average Bonchev–Trinajstić information content (AvgIpc) is 2.67. The Bertz CT molecular complexity index is 733. The smallest absolute Gasteiger partial charge is 0.154 e. The Balaban J connectivity index is 2.34. The zero-order valence-electron chi connectivity index (χ0n) is 9.76. The summed E-state index contributed by atoms with van der Waals surface area (Å²) in [4.78, 5) is 4.07. The Morgan fingerprint density at radius 2 is 2.11 bits per heavy atom. The first-order valence-corrected chi connectivity index (χ1v) is 5.90.